The van der Waals surface area contributed by atoms with Crippen LogP contribution in [0.5, 0.6) is 5.75 Å². The number of carbonyl (C=O) groups excluding carboxylic acids is 1. The highest BCUT2D eigenvalue weighted by molar-refractivity contribution is 5.94. The number of halogens is 1. The van der Waals surface area contributed by atoms with Gasteiger partial charge in [-0.1, -0.05) is 12.1 Å². The molecule has 2 aromatic rings. The minimum absolute atomic E-state index is 0.0279. The zero-order chi connectivity index (χ0) is 17.1. The summed E-state index contributed by atoms with van der Waals surface area (Å²) in [5.74, 6) is 0.0638. The number of benzene rings is 2. The molecule has 2 aromatic carbocycles. The number of hydrogen-bond donors (Lipinski definition) is 2. The Kier molecular flexibility index (Phi) is 4.81. The summed E-state index contributed by atoms with van der Waals surface area (Å²) in [7, 11) is 0. The summed E-state index contributed by atoms with van der Waals surface area (Å²) in [6, 6.07) is 11.4. The van der Waals surface area contributed by atoms with E-state index in [1.165, 1.54) is 12.1 Å². The summed E-state index contributed by atoms with van der Waals surface area (Å²) < 4.78 is 18.7. The Hall–Kier alpha value is -2.40. The van der Waals surface area contributed by atoms with E-state index in [2.05, 4.69) is 5.32 Å². The number of carbonyl (C=O) groups is 1. The first kappa shape index (κ1) is 16.5. The Morgan fingerprint density at radius 2 is 2.12 bits per heavy atom. The molecule has 24 heavy (non-hydrogen) atoms. The second-order valence-corrected chi connectivity index (χ2v) is 6.10. The third-order valence-electron chi connectivity index (χ3n) is 4.01. The summed E-state index contributed by atoms with van der Waals surface area (Å²) in [4.78, 5) is 12.0. The molecule has 2 N–H and O–H groups in total. The molecule has 0 aromatic heterocycles. The summed E-state index contributed by atoms with van der Waals surface area (Å²) in [6.45, 7) is 1.77. The number of aliphatic hydroxyl groups is 1. The first-order chi connectivity index (χ1) is 11.5. The molecule has 1 fully saturated rings. The van der Waals surface area contributed by atoms with Crippen molar-refractivity contribution in [3.05, 3.63) is 65.0 Å². The largest absolute Gasteiger partial charge is 0.491 e. The van der Waals surface area contributed by atoms with Gasteiger partial charge in [-0.05, 0) is 61.2 Å². The highest BCUT2D eigenvalue weighted by Crippen LogP contribution is 2.22. The maximum Gasteiger partial charge on any atom is 0.251 e. The van der Waals surface area contributed by atoms with Crippen LogP contribution in [-0.4, -0.2) is 23.7 Å². The van der Waals surface area contributed by atoms with Crippen molar-refractivity contribution < 1.29 is 19.0 Å². The average Bonchev–Trinajstić information content (AvgIpc) is 3.37. The fraction of sp³-hybridized carbons (Fsp3) is 0.316. The lowest BCUT2D eigenvalue weighted by atomic mass is 10.0. The van der Waals surface area contributed by atoms with Crippen molar-refractivity contribution in [1.29, 1.82) is 0 Å². The van der Waals surface area contributed by atoms with Crippen molar-refractivity contribution >= 4 is 5.91 Å². The van der Waals surface area contributed by atoms with E-state index in [0.29, 0.717) is 28.5 Å². The standard InChI is InChI=1S/C19H20FNO3/c1-12-9-14(20)5-8-17(12)18(22)11-24-16-4-2-3-13(10-16)19(23)21-15-6-7-15/h2-5,8-10,15,18,22H,6-7,11H2,1H3,(H,21,23). The van der Waals surface area contributed by atoms with Crippen molar-refractivity contribution in [3.8, 4) is 5.75 Å². The maximum atomic E-state index is 13.1. The lowest BCUT2D eigenvalue weighted by molar-refractivity contribution is 0.0949. The zero-order valence-electron chi connectivity index (χ0n) is 13.5. The van der Waals surface area contributed by atoms with E-state index in [1.54, 1.807) is 37.3 Å². The van der Waals surface area contributed by atoms with Gasteiger partial charge in [-0.25, -0.2) is 4.39 Å². The molecule has 1 atom stereocenters. The summed E-state index contributed by atoms with van der Waals surface area (Å²) in [5.41, 5.74) is 1.83. The van der Waals surface area contributed by atoms with E-state index in [1.807, 2.05) is 0 Å². The van der Waals surface area contributed by atoms with Crippen LogP contribution in [0.2, 0.25) is 0 Å². The fourth-order valence-corrected chi connectivity index (χ4v) is 2.50. The molecule has 1 saturated carbocycles. The fourth-order valence-electron chi connectivity index (χ4n) is 2.50. The number of aliphatic hydroxyl groups excluding tert-OH is 1. The Labute approximate surface area is 140 Å². The van der Waals surface area contributed by atoms with Crippen molar-refractivity contribution in [1.82, 2.24) is 5.32 Å². The van der Waals surface area contributed by atoms with Crippen LogP contribution in [0, 0.1) is 12.7 Å². The van der Waals surface area contributed by atoms with Crippen LogP contribution < -0.4 is 10.1 Å². The molecule has 3 rings (SSSR count). The summed E-state index contributed by atoms with van der Waals surface area (Å²) in [6.07, 6.45) is 1.20. The van der Waals surface area contributed by atoms with Crippen molar-refractivity contribution in [2.75, 3.05) is 6.61 Å². The molecule has 0 saturated heterocycles. The third kappa shape index (κ3) is 4.11. The topological polar surface area (TPSA) is 58.6 Å². The van der Waals surface area contributed by atoms with Crippen LogP contribution in [-0.2, 0) is 0 Å². The molecule has 1 aliphatic carbocycles. The molecule has 4 nitrogen and oxygen atoms in total. The number of amides is 1. The molecular weight excluding hydrogens is 309 g/mol. The van der Waals surface area contributed by atoms with E-state index < -0.39 is 6.10 Å². The van der Waals surface area contributed by atoms with Gasteiger partial charge in [-0.3, -0.25) is 4.79 Å². The molecule has 0 heterocycles. The van der Waals surface area contributed by atoms with Gasteiger partial charge in [0.15, 0.2) is 0 Å². The Bertz CT molecular complexity index is 743. The lowest BCUT2D eigenvalue weighted by Crippen LogP contribution is -2.25. The molecule has 1 unspecified atom stereocenters. The average molecular weight is 329 g/mol. The maximum absolute atomic E-state index is 13.1. The minimum Gasteiger partial charge on any atom is -0.491 e. The number of hydrogen-bond acceptors (Lipinski definition) is 3. The zero-order valence-corrected chi connectivity index (χ0v) is 13.5. The van der Waals surface area contributed by atoms with Gasteiger partial charge in [-0.15, -0.1) is 0 Å². The van der Waals surface area contributed by atoms with Crippen LogP contribution in [0.3, 0.4) is 0 Å². The Morgan fingerprint density at radius 3 is 2.83 bits per heavy atom. The minimum atomic E-state index is -0.866. The Balaban J connectivity index is 1.62. The molecule has 126 valence electrons. The molecule has 0 aliphatic heterocycles. The second-order valence-electron chi connectivity index (χ2n) is 6.10. The highest BCUT2D eigenvalue weighted by atomic mass is 19.1. The molecular formula is C19H20FNO3. The molecule has 1 aliphatic rings. The summed E-state index contributed by atoms with van der Waals surface area (Å²) in [5, 5.41) is 13.2. The highest BCUT2D eigenvalue weighted by Gasteiger charge is 2.23. The van der Waals surface area contributed by atoms with Gasteiger partial charge in [0.25, 0.3) is 5.91 Å². The number of ether oxygens (including phenoxy) is 1. The monoisotopic (exact) mass is 329 g/mol. The van der Waals surface area contributed by atoms with Crippen LogP contribution >= 0.6 is 0 Å². The molecule has 0 spiro atoms. The van der Waals surface area contributed by atoms with Crippen molar-refractivity contribution in [3.63, 3.8) is 0 Å². The van der Waals surface area contributed by atoms with Crippen molar-refractivity contribution in [2.45, 2.75) is 31.9 Å². The smallest absolute Gasteiger partial charge is 0.251 e. The third-order valence-corrected chi connectivity index (χ3v) is 4.01. The van der Waals surface area contributed by atoms with E-state index in [9.17, 15) is 14.3 Å². The van der Waals surface area contributed by atoms with Gasteiger partial charge in [0.2, 0.25) is 0 Å². The van der Waals surface area contributed by atoms with E-state index >= 15 is 0 Å². The van der Waals surface area contributed by atoms with Crippen LogP contribution in [0.15, 0.2) is 42.5 Å². The first-order valence-electron chi connectivity index (χ1n) is 8.01. The van der Waals surface area contributed by atoms with Crippen molar-refractivity contribution in [2.24, 2.45) is 0 Å². The summed E-state index contributed by atoms with van der Waals surface area (Å²) >= 11 is 0. The Morgan fingerprint density at radius 1 is 1.33 bits per heavy atom. The predicted molar refractivity (Wildman–Crippen MR) is 88.5 cm³/mol. The van der Waals surface area contributed by atoms with Gasteiger partial charge in [0.1, 0.15) is 24.3 Å². The van der Waals surface area contributed by atoms with Gasteiger partial charge in [-0.2, -0.15) is 0 Å². The van der Waals surface area contributed by atoms with Gasteiger partial charge in [0, 0.05) is 11.6 Å². The first-order valence-corrected chi connectivity index (χ1v) is 8.01. The number of rotatable bonds is 6. The quantitative estimate of drug-likeness (QED) is 0.856. The molecule has 0 radical (unpaired) electrons. The second kappa shape index (κ2) is 7.01. The van der Waals surface area contributed by atoms with Gasteiger partial charge in [0.05, 0.1) is 0 Å². The van der Waals surface area contributed by atoms with E-state index in [-0.39, 0.29) is 18.3 Å². The number of aryl methyl sites for hydroxylation is 1. The SMILES string of the molecule is Cc1cc(F)ccc1C(O)COc1cccc(C(=O)NC2CC2)c1. The molecule has 1 amide bonds. The van der Waals surface area contributed by atoms with Crippen LogP contribution in [0.1, 0.15) is 40.4 Å². The normalized spacial score (nSPS) is 15.0. The molecule has 0 bridgehead atoms. The van der Waals surface area contributed by atoms with E-state index in [0.717, 1.165) is 12.8 Å². The predicted octanol–water partition coefficient (Wildman–Crippen LogP) is 3.14. The van der Waals surface area contributed by atoms with Crippen LogP contribution in [0.4, 0.5) is 4.39 Å². The number of nitrogens with one attached hydrogen (secondary N) is 1. The van der Waals surface area contributed by atoms with Gasteiger partial charge >= 0.3 is 0 Å². The van der Waals surface area contributed by atoms with E-state index in [4.69, 9.17) is 4.74 Å². The lowest BCUT2D eigenvalue weighted by Gasteiger charge is -2.15. The van der Waals surface area contributed by atoms with Crippen LogP contribution in [0.25, 0.3) is 0 Å². The molecule has 5 heteroatoms. The van der Waals surface area contributed by atoms with Gasteiger partial charge < -0.3 is 15.2 Å².